The maximum atomic E-state index is 12.5. The molecule has 7 nitrogen and oxygen atoms in total. The highest BCUT2D eigenvalue weighted by Gasteiger charge is 2.39. The quantitative estimate of drug-likeness (QED) is 0.623. The summed E-state index contributed by atoms with van der Waals surface area (Å²) in [6.07, 6.45) is 0. The number of aromatic hydroxyl groups is 1. The average Bonchev–Trinajstić information content (AvgIpc) is 2.58. The standard InChI is InChI=1S/C17H16Br2N2O5/c1-4-25-17(23)11-7(2)26-16(21)8(6-20)12(11)13-14(19)9(18)5-10(24-3)15(13)22/h5,12,22H,4,21H2,1-3H3. The maximum Gasteiger partial charge on any atom is 0.338 e. The maximum absolute atomic E-state index is 12.5. The molecule has 0 aliphatic carbocycles. The van der Waals surface area contributed by atoms with Crippen molar-refractivity contribution < 1.29 is 24.1 Å². The van der Waals surface area contributed by atoms with Gasteiger partial charge in [-0.25, -0.2) is 4.79 Å². The lowest BCUT2D eigenvalue weighted by molar-refractivity contribution is -0.139. The fourth-order valence-corrected chi connectivity index (χ4v) is 3.63. The zero-order chi connectivity index (χ0) is 19.6. The van der Waals surface area contributed by atoms with Crippen LogP contribution in [0, 0.1) is 11.3 Å². The molecule has 0 saturated carbocycles. The largest absolute Gasteiger partial charge is 0.504 e. The first-order valence-corrected chi connectivity index (χ1v) is 9.07. The summed E-state index contributed by atoms with van der Waals surface area (Å²) in [5, 5.41) is 20.3. The molecule has 26 heavy (non-hydrogen) atoms. The van der Waals surface area contributed by atoms with Gasteiger partial charge in [-0.3, -0.25) is 0 Å². The molecular weight excluding hydrogens is 472 g/mol. The molecule has 1 heterocycles. The summed E-state index contributed by atoms with van der Waals surface area (Å²) >= 11 is 6.76. The summed E-state index contributed by atoms with van der Waals surface area (Å²) in [6.45, 7) is 3.34. The number of allylic oxidation sites excluding steroid dienone is 2. The van der Waals surface area contributed by atoms with Gasteiger partial charge in [0.25, 0.3) is 0 Å². The number of rotatable bonds is 4. The van der Waals surface area contributed by atoms with Crippen LogP contribution in [-0.2, 0) is 14.3 Å². The van der Waals surface area contributed by atoms with Crippen molar-refractivity contribution in [1.82, 2.24) is 0 Å². The van der Waals surface area contributed by atoms with Gasteiger partial charge >= 0.3 is 5.97 Å². The average molecular weight is 488 g/mol. The second kappa shape index (κ2) is 8.01. The van der Waals surface area contributed by atoms with E-state index in [1.807, 2.05) is 6.07 Å². The molecule has 2 rings (SSSR count). The third-order valence-corrected chi connectivity index (χ3v) is 5.81. The highest BCUT2D eigenvalue weighted by molar-refractivity contribution is 9.13. The number of nitriles is 1. The van der Waals surface area contributed by atoms with Crippen LogP contribution in [0.4, 0.5) is 0 Å². The van der Waals surface area contributed by atoms with Gasteiger partial charge in [-0.2, -0.15) is 5.26 Å². The minimum Gasteiger partial charge on any atom is -0.504 e. The first-order chi connectivity index (χ1) is 12.3. The molecule has 0 bridgehead atoms. The van der Waals surface area contributed by atoms with Crippen LogP contribution < -0.4 is 10.5 Å². The van der Waals surface area contributed by atoms with Crippen molar-refractivity contribution in [3.05, 3.63) is 43.4 Å². The number of phenols is 1. The number of halogens is 2. The third kappa shape index (κ3) is 3.39. The summed E-state index contributed by atoms with van der Waals surface area (Å²) in [4.78, 5) is 12.5. The smallest absolute Gasteiger partial charge is 0.338 e. The van der Waals surface area contributed by atoms with Crippen molar-refractivity contribution in [3.8, 4) is 17.6 Å². The Bertz CT molecular complexity index is 871. The Balaban J connectivity index is 2.85. The molecule has 1 aromatic carbocycles. The highest BCUT2D eigenvalue weighted by Crippen LogP contribution is 2.50. The van der Waals surface area contributed by atoms with Crippen LogP contribution in [0.15, 0.2) is 37.8 Å². The molecule has 0 amide bonds. The Morgan fingerprint density at radius 2 is 2.15 bits per heavy atom. The number of phenolic OH excluding ortho intramolecular Hbond substituents is 1. The van der Waals surface area contributed by atoms with E-state index in [1.165, 1.54) is 7.11 Å². The van der Waals surface area contributed by atoms with Gasteiger partial charge < -0.3 is 25.1 Å². The number of hydrogen-bond donors (Lipinski definition) is 2. The van der Waals surface area contributed by atoms with Crippen LogP contribution in [0.3, 0.4) is 0 Å². The Kier molecular flexibility index (Phi) is 6.21. The summed E-state index contributed by atoms with van der Waals surface area (Å²) < 4.78 is 16.7. The predicted molar refractivity (Wildman–Crippen MR) is 100 cm³/mol. The van der Waals surface area contributed by atoms with Crippen molar-refractivity contribution in [3.63, 3.8) is 0 Å². The molecule has 0 aromatic heterocycles. The van der Waals surface area contributed by atoms with E-state index < -0.39 is 11.9 Å². The van der Waals surface area contributed by atoms with E-state index in [2.05, 4.69) is 31.9 Å². The lowest BCUT2D eigenvalue weighted by atomic mass is 9.82. The number of methoxy groups -OCH3 is 1. The molecule has 1 atom stereocenters. The molecule has 138 valence electrons. The van der Waals surface area contributed by atoms with E-state index in [0.29, 0.717) is 8.95 Å². The van der Waals surface area contributed by atoms with Crippen LogP contribution in [-0.4, -0.2) is 24.8 Å². The van der Waals surface area contributed by atoms with Crippen LogP contribution in [0.1, 0.15) is 25.3 Å². The molecular formula is C17H16Br2N2O5. The minimum atomic E-state index is -0.992. The monoisotopic (exact) mass is 486 g/mol. The Labute approximate surface area is 167 Å². The number of nitrogens with two attached hydrogens (primary N) is 1. The summed E-state index contributed by atoms with van der Waals surface area (Å²) in [6, 6.07) is 3.52. The number of esters is 1. The first kappa shape index (κ1) is 20.1. The number of ether oxygens (including phenoxy) is 3. The zero-order valence-electron chi connectivity index (χ0n) is 14.2. The van der Waals surface area contributed by atoms with Gasteiger partial charge in [0.15, 0.2) is 11.5 Å². The zero-order valence-corrected chi connectivity index (χ0v) is 17.4. The van der Waals surface area contributed by atoms with Gasteiger partial charge in [0.1, 0.15) is 17.4 Å². The molecule has 3 N–H and O–H groups in total. The van der Waals surface area contributed by atoms with Crippen molar-refractivity contribution in [2.45, 2.75) is 19.8 Å². The van der Waals surface area contributed by atoms with Crippen molar-refractivity contribution >= 4 is 37.8 Å². The van der Waals surface area contributed by atoms with Crippen LogP contribution in [0.25, 0.3) is 0 Å². The second-order valence-electron chi connectivity index (χ2n) is 5.25. The predicted octanol–water partition coefficient (Wildman–Crippen LogP) is 3.57. The summed E-state index contributed by atoms with van der Waals surface area (Å²) in [5.41, 5.74) is 6.16. The first-order valence-electron chi connectivity index (χ1n) is 7.48. The van der Waals surface area contributed by atoms with Gasteiger partial charge in [-0.15, -0.1) is 0 Å². The van der Waals surface area contributed by atoms with Gasteiger partial charge in [-0.1, -0.05) is 0 Å². The SMILES string of the molecule is CCOC(=O)C1=C(C)OC(N)=C(C#N)C1c1c(O)c(OC)cc(Br)c1Br. The highest BCUT2D eigenvalue weighted by atomic mass is 79.9. The topological polar surface area (TPSA) is 115 Å². The third-order valence-electron chi connectivity index (χ3n) is 3.80. The normalized spacial score (nSPS) is 16.8. The van der Waals surface area contributed by atoms with Crippen LogP contribution in [0.2, 0.25) is 0 Å². The molecule has 1 unspecified atom stereocenters. The molecule has 1 aliphatic heterocycles. The fraction of sp³-hybridized carbons (Fsp3) is 0.294. The Hall–Kier alpha value is -2.18. The van der Waals surface area contributed by atoms with Gasteiger partial charge in [0.05, 0.1) is 25.2 Å². The lowest BCUT2D eigenvalue weighted by Crippen LogP contribution is -2.26. The summed E-state index contributed by atoms with van der Waals surface area (Å²) in [5.74, 6) is -1.68. The number of nitrogens with zero attached hydrogens (tertiary/aromatic N) is 1. The van der Waals surface area contributed by atoms with Crippen molar-refractivity contribution in [1.29, 1.82) is 5.26 Å². The number of carbonyl (C=O) groups is 1. The van der Waals surface area contributed by atoms with Gasteiger partial charge in [-0.05, 0) is 51.8 Å². The molecule has 9 heteroatoms. The minimum absolute atomic E-state index is 0.0187. The molecule has 0 fully saturated rings. The number of carbonyl (C=O) groups excluding carboxylic acids is 1. The lowest BCUT2D eigenvalue weighted by Gasteiger charge is -2.28. The molecule has 1 aliphatic rings. The van der Waals surface area contributed by atoms with Gasteiger partial charge in [0, 0.05) is 14.5 Å². The van der Waals surface area contributed by atoms with Crippen LogP contribution in [0.5, 0.6) is 11.5 Å². The molecule has 0 spiro atoms. The fourth-order valence-electron chi connectivity index (χ4n) is 2.67. The van der Waals surface area contributed by atoms with E-state index in [9.17, 15) is 15.2 Å². The molecule has 0 saturated heterocycles. The number of hydrogen-bond acceptors (Lipinski definition) is 7. The molecule has 1 aromatic rings. The summed E-state index contributed by atoms with van der Waals surface area (Å²) in [7, 11) is 1.39. The van der Waals surface area contributed by atoms with E-state index in [1.54, 1.807) is 19.9 Å². The Morgan fingerprint density at radius 1 is 1.50 bits per heavy atom. The van der Waals surface area contributed by atoms with E-state index in [4.69, 9.17) is 19.9 Å². The Morgan fingerprint density at radius 3 is 2.69 bits per heavy atom. The molecule has 0 radical (unpaired) electrons. The van der Waals surface area contributed by atoms with Crippen molar-refractivity contribution in [2.75, 3.05) is 13.7 Å². The van der Waals surface area contributed by atoms with E-state index >= 15 is 0 Å². The van der Waals surface area contributed by atoms with E-state index in [0.717, 1.165) is 0 Å². The van der Waals surface area contributed by atoms with Gasteiger partial charge in [0.2, 0.25) is 5.88 Å². The number of benzene rings is 1. The van der Waals surface area contributed by atoms with Crippen molar-refractivity contribution in [2.24, 2.45) is 5.73 Å². The van der Waals surface area contributed by atoms with Crippen LogP contribution >= 0.6 is 31.9 Å². The second-order valence-corrected chi connectivity index (χ2v) is 6.90. The van der Waals surface area contributed by atoms with E-state index in [-0.39, 0.29) is 46.5 Å².